The summed E-state index contributed by atoms with van der Waals surface area (Å²) in [5, 5.41) is 15.7. The minimum absolute atomic E-state index is 0.532. The Balaban J connectivity index is 1.54. The van der Waals surface area contributed by atoms with Crippen molar-refractivity contribution in [3.05, 3.63) is 65.1 Å². The fourth-order valence-electron chi connectivity index (χ4n) is 2.53. The number of aryl methyl sites for hydroxylation is 3. The van der Waals surface area contributed by atoms with Gasteiger partial charge in [-0.05, 0) is 43.3 Å². The van der Waals surface area contributed by atoms with Gasteiger partial charge in [0.1, 0.15) is 0 Å². The van der Waals surface area contributed by atoms with Crippen molar-refractivity contribution < 1.29 is 0 Å². The molecule has 6 nitrogen and oxygen atoms in total. The van der Waals surface area contributed by atoms with E-state index >= 15 is 0 Å². The maximum absolute atomic E-state index is 5.33. The van der Waals surface area contributed by atoms with E-state index in [2.05, 4.69) is 39.9 Å². The summed E-state index contributed by atoms with van der Waals surface area (Å²) in [5.74, 6) is 0.725. The highest BCUT2D eigenvalue weighted by atomic mass is 32.1. The summed E-state index contributed by atoms with van der Waals surface area (Å²) in [7, 11) is 1.93. The molecule has 3 aromatic rings. The zero-order valence-corrected chi connectivity index (χ0v) is 15.5. The molecule has 1 aromatic carbocycles. The molecule has 130 valence electrons. The summed E-state index contributed by atoms with van der Waals surface area (Å²) >= 11 is 5.33. The van der Waals surface area contributed by atoms with Crippen LogP contribution in [-0.4, -0.2) is 24.7 Å². The van der Waals surface area contributed by atoms with Crippen LogP contribution in [0.5, 0.6) is 0 Å². The van der Waals surface area contributed by atoms with Crippen molar-refractivity contribution in [2.45, 2.75) is 26.9 Å². The zero-order valence-electron chi connectivity index (χ0n) is 14.7. The van der Waals surface area contributed by atoms with Crippen LogP contribution < -0.4 is 10.6 Å². The van der Waals surface area contributed by atoms with Gasteiger partial charge in [-0.3, -0.25) is 9.36 Å². The second kappa shape index (κ2) is 7.48. The van der Waals surface area contributed by atoms with Crippen LogP contribution in [0.15, 0.2) is 42.6 Å². The van der Waals surface area contributed by atoms with Crippen molar-refractivity contribution in [1.29, 1.82) is 0 Å². The zero-order chi connectivity index (χ0) is 17.8. The largest absolute Gasteiger partial charge is 0.357 e. The Bertz CT molecular complexity index is 860. The molecular formula is C18H22N6S. The third kappa shape index (κ3) is 4.45. The Kier molecular flexibility index (Phi) is 5.14. The summed E-state index contributed by atoms with van der Waals surface area (Å²) in [4.78, 5) is 0. The van der Waals surface area contributed by atoms with E-state index in [9.17, 15) is 0 Å². The summed E-state index contributed by atoms with van der Waals surface area (Å²) in [6.07, 6.45) is 1.94. The van der Waals surface area contributed by atoms with Gasteiger partial charge in [0.05, 0.1) is 18.8 Å². The first-order valence-electron chi connectivity index (χ1n) is 8.13. The van der Waals surface area contributed by atoms with Crippen LogP contribution in [0, 0.1) is 13.8 Å². The molecule has 0 fully saturated rings. The Hall–Kier alpha value is -2.67. The van der Waals surface area contributed by atoms with Gasteiger partial charge in [0.25, 0.3) is 0 Å². The molecule has 0 radical (unpaired) electrons. The molecule has 0 aliphatic rings. The van der Waals surface area contributed by atoms with Crippen LogP contribution in [0.2, 0.25) is 0 Å². The van der Waals surface area contributed by atoms with E-state index in [0.29, 0.717) is 11.7 Å². The molecule has 0 unspecified atom stereocenters. The highest BCUT2D eigenvalue weighted by Crippen LogP contribution is 2.10. The lowest BCUT2D eigenvalue weighted by atomic mass is 10.1. The van der Waals surface area contributed by atoms with Crippen LogP contribution in [0.25, 0.3) is 0 Å². The van der Waals surface area contributed by atoms with E-state index in [-0.39, 0.29) is 0 Å². The smallest absolute Gasteiger partial charge is 0.172 e. The summed E-state index contributed by atoms with van der Waals surface area (Å²) in [6, 6.07) is 12.3. The first-order valence-corrected chi connectivity index (χ1v) is 8.54. The quantitative estimate of drug-likeness (QED) is 0.690. The van der Waals surface area contributed by atoms with Crippen molar-refractivity contribution in [3.63, 3.8) is 0 Å². The fraction of sp³-hybridized carbons (Fsp3) is 0.278. The van der Waals surface area contributed by atoms with Crippen LogP contribution in [-0.2, 0) is 20.1 Å². The molecule has 0 saturated carbocycles. The molecule has 0 atom stereocenters. The number of anilines is 1. The Morgan fingerprint density at radius 1 is 1.16 bits per heavy atom. The van der Waals surface area contributed by atoms with Gasteiger partial charge in [-0.25, -0.2) is 0 Å². The van der Waals surface area contributed by atoms with Crippen LogP contribution in [0.4, 0.5) is 5.82 Å². The second-order valence-corrected chi connectivity index (χ2v) is 6.44. The van der Waals surface area contributed by atoms with Gasteiger partial charge in [0.15, 0.2) is 10.9 Å². The summed E-state index contributed by atoms with van der Waals surface area (Å²) in [6.45, 7) is 5.45. The average Bonchev–Trinajstić information content (AvgIpc) is 3.14. The first kappa shape index (κ1) is 17.2. The highest BCUT2D eigenvalue weighted by molar-refractivity contribution is 7.80. The SMILES string of the molecule is Cc1ccccc1Cn1ccc(NC(=S)NCc2cc(C)n(C)n2)n1. The van der Waals surface area contributed by atoms with Gasteiger partial charge in [-0.1, -0.05) is 24.3 Å². The number of rotatable bonds is 5. The van der Waals surface area contributed by atoms with Crippen molar-refractivity contribution >= 4 is 23.1 Å². The van der Waals surface area contributed by atoms with Crippen molar-refractivity contribution in [2.24, 2.45) is 7.05 Å². The van der Waals surface area contributed by atoms with E-state index in [1.807, 2.05) is 53.8 Å². The lowest BCUT2D eigenvalue weighted by Gasteiger charge is -2.07. The van der Waals surface area contributed by atoms with Crippen LogP contribution in [0.1, 0.15) is 22.5 Å². The first-order chi connectivity index (χ1) is 12.0. The van der Waals surface area contributed by atoms with Gasteiger partial charge < -0.3 is 10.6 Å². The minimum atomic E-state index is 0.532. The Morgan fingerprint density at radius 2 is 1.96 bits per heavy atom. The maximum Gasteiger partial charge on any atom is 0.172 e. The van der Waals surface area contributed by atoms with Crippen molar-refractivity contribution in [1.82, 2.24) is 24.9 Å². The molecule has 0 spiro atoms. The third-order valence-corrected chi connectivity index (χ3v) is 4.32. The van der Waals surface area contributed by atoms with E-state index in [0.717, 1.165) is 23.8 Å². The molecule has 0 bridgehead atoms. The van der Waals surface area contributed by atoms with E-state index in [4.69, 9.17) is 12.2 Å². The number of hydrogen-bond donors (Lipinski definition) is 2. The number of nitrogens with one attached hydrogen (secondary N) is 2. The number of hydrogen-bond acceptors (Lipinski definition) is 3. The molecule has 0 saturated heterocycles. The van der Waals surface area contributed by atoms with E-state index < -0.39 is 0 Å². The highest BCUT2D eigenvalue weighted by Gasteiger charge is 2.05. The number of benzene rings is 1. The van der Waals surface area contributed by atoms with Gasteiger partial charge in [0, 0.05) is 25.0 Å². The minimum Gasteiger partial charge on any atom is -0.357 e. The Labute approximate surface area is 152 Å². The molecule has 25 heavy (non-hydrogen) atoms. The molecule has 7 heteroatoms. The summed E-state index contributed by atoms with van der Waals surface area (Å²) < 4.78 is 3.75. The monoisotopic (exact) mass is 354 g/mol. The molecule has 2 aromatic heterocycles. The van der Waals surface area contributed by atoms with Crippen molar-refractivity contribution in [3.8, 4) is 0 Å². The van der Waals surface area contributed by atoms with E-state index in [1.54, 1.807) is 0 Å². The molecule has 0 amide bonds. The number of nitrogens with zero attached hydrogens (tertiary/aromatic N) is 4. The maximum atomic E-state index is 5.33. The average molecular weight is 354 g/mol. The lowest BCUT2D eigenvalue weighted by molar-refractivity contribution is 0.687. The third-order valence-electron chi connectivity index (χ3n) is 4.07. The lowest BCUT2D eigenvalue weighted by Crippen LogP contribution is -2.28. The molecule has 3 rings (SSSR count). The molecular weight excluding hydrogens is 332 g/mol. The Morgan fingerprint density at radius 3 is 2.68 bits per heavy atom. The van der Waals surface area contributed by atoms with Crippen LogP contribution in [0.3, 0.4) is 0 Å². The molecule has 2 N–H and O–H groups in total. The van der Waals surface area contributed by atoms with Gasteiger partial charge >= 0.3 is 0 Å². The molecule has 0 aliphatic heterocycles. The van der Waals surface area contributed by atoms with Crippen LogP contribution >= 0.6 is 12.2 Å². The fourth-order valence-corrected chi connectivity index (χ4v) is 2.71. The number of aromatic nitrogens is 4. The topological polar surface area (TPSA) is 59.7 Å². The molecule has 2 heterocycles. The van der Waals surface area contributed by atoms with Gasteiger partial charge in [-0.2, -0.15) is 10.2 Å². The second-order valence-electron chi connectivity index (χ2n) is 6.03. The van der Waals surface area contributed by atoms with Crippen molar-refractivity contribution in [2.75, 3.05) is 5.32 Å². The molecule has 0 aliphatic carbocycles. The summed E-state index contributed by atoms with van der Waals surface area (Å²) in [5.41, 5.74) is 4.58. The van der Waals surface area contributed by atoms with Gasteiger partial charge in [0.2, 0.25) is 0 Å². The van der Waals surface area contributed by atoms with Gasteiger partial charge in [-0.15, -0.1) is 0 Å². The standard InChI is InChI=1S/C18H22N6S/c1-13-6-4-5-7-15(13)12-24-9-8-17(22-24)20-18(25)19-11-16-10-14(2)23(3)21-16/h4-10H,11-12H2,1-3H3,(H2,19,20,22,25). The predicted molar refractivity (Wildman–Crippen MR) is 104 cm³/mol. The normalized spacial score (nSPS) is 10.7. The number of thiocarbonyl (C=S) groups is 1. The predicted octanol–water partition coefficient (Wildman–Crippen LogP) is 2.77. The van der Waals surface area contributed by atoms with E-state index in [1.165, 1.54) is 11.1 Å².